The van der Waals surface area contributed by atoms with Crippen LogP contribution >= 0.6 is 23.4 Å². The van der Waals surface area contributed by atoms with E-state index in [1.165, 1.54) is 11.8 Å². The molecule has 8 heteroatoms. The van der Waals surface area contributed by atoms with E-state index in [0.717, 1.165) is 5.56 Å². The SMILES string of the molecule is CSc1nc(Cl)c(C=O)c(NC(=O)OCc2ccccc2)n1. The lowest BCUT2D eigenvalue weighted by Gasteiger charge is -2.09. The molecule has 0 aliphatic rings. The first-order valence-electron chi connectivity index (χ1n) is 6.18. The first kappa shape index (κ1) is 16.3. The molecule has 1 amide bonds. The molecule has 114 valence electrons. The van der Waals surface area contributed by atoms with Crippen molar-refractivity contribution in [3.8, 4) is 0 Å². The van der Waals surface area contributed by atoms with E-state index in [0.29, 0.717) is 11.4 Å². The summed E-state index contributed by atoms with van der Waals surface area (Å²) in [5, 5.41) is 2.73. The van der Waals surface area contributed by atoms with Crippen molar-refractivity contribution in [1.82, 2.24) is 9.97 Å². The van der Waals surface area contributed by atoms with Crippen molar-refractivity contribution < 1.29 is 14.3 Å². The number of ether oxygens (including phenoxy) is 1. The zero-order valence-corrected chi connectivity index (χ0v) is 13.1. The summed E-state index contributed by atoms with van der Waals surface area (Å²) in [4.78, 5) is 30.8. The van der Waals surface area contributed by atoms with Gasteiger partial charge < -0.3 is 4.74 Å². The quantitative estimate of drug-likeness (QED) is 0.389. The number of aldehydes is 1. The molecule has 0 aliphatic carbocycles. The molecule has 1 aromatic heterocycles. The van der Waals surface area contributed by atoms with Crippen molar-refractivity contribution in [2.45, 2.75) is 11.8 Å². The van der Waals surface area contributed by atoms with Gasteiger partial charge in [-0.25, -0.2) is 14.8 Å². The van der Waals surface area contributed by atoms with Crippen LogP contribution < -0.4 is 5.32 Å². The molecule has 0 atom stereocenters. The normalized spacial score (nSPS) is 10.1. The second-order valence-corrected chi connectivity index (χ2v) is 5.20. The van der Waals surface area contributed by atoms with Gasteiger partial charge in [-0.3, -0.25) is 10.1 Å². The fraction of sp³-hybridized carbons (Fsp3) is 0.143. The minimum Gasteiger partial charge on any atom is -0.444 e. The predicted molar refractivity (Wildman–Crippen MR) is 84.5 cm³/mol. The van der Waals surface area contributed by atoms with Crippen molar-refractivity contribution in [3.63, 3.8) is 0 Å². The number of halogens is 1. The van der Waals surface area contributed by atoms with Gasteiger partial charge in [-0.15, -0.1) is 0 Å². The van der Waals surface area contributed by atoms with Crippen LogP contribution in [0.25, 0.3) is 0 Å². The number of nitrogens with one attached hydrogen (secondary N) is 1. The van der Waals surface area contributed by atoms with E-state index in [4.69, 9.17) is 16.3 Å². The van der Waals surface area contributed by atoms with Gasteiger partial charge in [-0.2, -0.15) is 0 Å². The van der Waals surface area contributed by atoms with Crippen LogP contribution in [0.5, 0.6) is 0 Å². The highest BCUT2D eigenvalue weighted by atomic mass is 35.5. The minimum absolute atomic E-state index is 0.0103. The molecule has 6 nitrogen and oxygen atoms in total. The second kappa shape index (κ2) is 7.77. The Morgan fingerprint density at radius 1 is 1.36 bits per heavy atom. The number of rotatable bonds is 5. The van der Waals surface area contributed by atoms with Crippen LogP contribution in [0, 0.1) is 0 Å². The van der Waals surface area contributed by atoms with E-state index in [1.54, 1.807) is 6.26 Å². The second-order valence-electron chi connectivity index (χ2n) is 4.07. The fourth-order valence-electron chi connectivity index (χ4n) is 1.57. The number of anilines is 1. The van der Waals surface area contributed by atoms with Gasteiger partial charge in [0.2, 0.25) is 0 Å². The molecule has 1 N–H and O–H groups in total. The highest BCUT2D eigenvalue weighted by molar-refractivity contribution is 7.98. The molecule has 0 saturated carbocycles. The van der Waals surface area contributed by atoms with Gasteiger partial charge >= 0.3 is 6.09 Å². The monoisotopic (exact) mass is 337 g/mol. The molecule has 2 aromatic rings. The van der Waals surface area contributed by atoms with Crippen LogP contribution in [-0.4, -0.2) is 28.6 Å². The number of thioether (sulfide) groups is 1. The summed E-state index contributed by atoms with van der Waals surface area (Å²) in [6.45, 7) is 0.108. The third-order valence-corrected chi connectivity index (χ3v) is 3.45. The van der Waals surface area contributed by atoms with E-state index < -0.39 is 6.09 Å². The Morgan fingerprint density at radius 3 is 2.73 bits per heavy atom. The Morgan fingerprint density at radius 2 is 2.09 bits per heavy atom. The summed E-state index contributed by atoms with van der Waals surface area (Å²) in [6.07, 6.45) is 1.51. The number of carbonyl (C=O) groups excluding carboxylic acids is 2. The predicted octanol–water partition coefficient (Wildman–Crippen LogP) is 3.41. The average Bonchev–Trinajstić information content (AvgIpc) is 2.53. The minimum atomic E-state index is -0.728. The zero-order chi connectivity index (χ0) is 15.9. The van der Waals surface area contributed by atoms with Crippen LogP contribution in [0.2, 0.25) is 5.15 Å². The first-order chi connectivity index (χ1) is 10.6. The maximum absolute atomic E-state index is 11.8. The summed E-state index contributed by atoms with van der Waals surface area (Å²) in [7, 11) is 0. The summed E-state index contributed by atoms with van der Waals surface area (Å²) in [5.41, 5.74) is 0.856. The van der Waals surface area contributed by atoms with E-state index in [-0.39, 0.29) is 23.1 Å². The fourth-order valence-corrected chi connectivity index (χ4v) is 2.20. The third-order valence-electron chi connectivity index (χ3n) is 2.61. The number of aromatic nitrogens is 2. The lowest BCUT2D eigenvalue weighted by atomic mass is 10.2. The molecule has 0 aliphatic heterocycles. The van der Waals surface area contributed by atoms with Gasteiger partial charge in [-0.1, -0.05) is 53.7 Å². The van der Waals surface area contributed by atoms with Crippen molar-refractivity contribution >= 4 is 41.6 Å². The molecule has 0 unspecified atom stereocenters. The van der Waals surface area contributed by atoms with E-state index in [1.807, 2.05) is 30.3 Å². The first-order valence-corrected chi connectivity index (χ1v) is 7.78. The van der Waals surface area contributed by atoms with Gasteiger partial charge in [0.05, 0.1) is 5.56 Å². The Balaban J connectivity index is 2.07. The Kier molecular flexibility index (Phi) is 5.74. The molecule has 0 bridgehead atoms. The summed E-state index contributed by atoms with van der Waals surface area (Å²) >= 11 is 7.12. The van der Waals surface area contributed by atoms with E-state index in [2.05, 4.69) is 15.3 Å². The Bertz CT molecular complexity index is 683. The third kappa shape index (κ3) is 4.19. The van der Waals surface area contributed by atoms with Gasteiger partial charge in [0.25, 0.3) is 0 Å². The van der Waals surface area contributed by atoms with E-state index in [9.17, 15) is 9.59 Å². The molecule has 0 fully saturated rings. The summed E-state index contributed by atoms with van der Waals surface area (Å²) in [6, 6.07) is 9.22. The molecule has 0 saturated heterocycles. The van der Waals surface area contributed by atoms with E-state index >= 15 is 0 Å². The van der Waals surface area contributed by atoms with Crippen molar-refractivity contribution in [3.05, 3.63) is 46.6 Å². The molecular weight excluding hydrogens is 326 g/mol. The molecule has 0 spiro atoms. The maximum Gasteiger partial charge on any atom is 0.413 e. The van der Waals surface area contributed by atoms with Crippen LogP contribution in [0.4, 0.5) is 10.6 Å². The number of nitrogens with zero attached hydrogens (tertiary/aromatic N) is 2. The van der Waals surface area contributed by atoms with Crippen molar-refractivity contribution in [1.29, 1.82) is 0 Å². The van der Waals surface area contributed by atoms with Crippen molar-refractivity contribution in [2.24, 2.45) is 0 Å². The Hall–Kier alpha value is -2.12. The number of amides is 1. The van der Waals surface area contributed by atoms with Gasteiger partial charge in [0.1, 0.15) is 11.8 Å². The number of hydrogen-bond acceptors (Lipinski definition) is 6. The molecule has 22 heavy (non-hydrogen) atoms. The molecular formula is C14H12ClN3O3S. The van der Waals surface area contributed by atoms with Gasteiger partial charge in [0, 0.05) is 0 Å². The lowest BCUT2D eigenvalue weighted by Crippen LogP contribution is -2.16. The molecule has 1 heterocycles. The van der Waals surface area contributed by atoms with Crippen molar-refractivity contribution in [2.75, 3.05) is 11.6 Å². The van der Waals surface area contributed by atoms with Crippen LogP contribution in [0.15, 0.2) is 35.5 Å². The summed E-state index contributed by atoms with van der Waals surface area (Å²) < 4.78 is 5.07. The zero-order valence-electron chi connectivity index (χ0n) is 11.6. The smallest absolute Gasteiger partial charge is 0.413 e. The molecule has 0 radical (unpaired) electrons. The largest absolute Gasteiger partial charge is 0.444 e. The van der Waals surface area contributed by atoms with Crippen LogP contribution in [-0.2, 0) is 11.3 Å². The lowest BCUT2D eigenvalue weighted by molar-refractivity contribution is 0.112. The average molecular weight is 338 g/mol. The number of carbonyl (C=O) groups is 2. The summed E-state index contributed by atoms with van der Waals surface area (Å²) in [5.74, 6) is 0.0254. The number of benzene rings is 1. The van der Waals surface area contributed by atoms with Crippen LogP contribution in [0.1, 0.15) is 15.9 Å². The molecule has 1 aromatic carbocycles. The van der Waals surface area contributed by atoms with Crippen LogP contribution in [0.3, 0.4) is 0 Å². The Labute approximate surface area is 136 Å². The van der Waals surface area contributed by atoms with Gasteiger partial charge in [-0.05, 0) is 11.8 Å². The van der Waals surface area contributed by atoms with Gasteiger partial charge in [0.15, 0.2) is 17.3 Å². The standard InChI is InChI=1S/C14H12ClN3O3S/c1-22-13-16-11(15)10(7-19)12(17-13)18-14(20)21-8-9-5-3-2-4-6-9/h2-7H,8H2,1H3,(H,16,17,18,20). The maximum atomic E-state index is 11.8. The number of hydrogen-bond donors (Lipinski definition) is 1. The topological polar surface area (TPSA) is 81.2 Å². The highest BCUT2D eigenvalue weighted by Gasteiger charge is 2.15. The highest BCUT2D eigenvalue weighted by Crippen LogP contribution is 2.22. The molecule has 2 rings (SSSR count).